The monoisotopic (exact) mass is 362 g/mol. The van der Waals surface area contributed by atoms with Gasteiger partial charge in [0.1, 0.15) is 10.6 Å². The fourth-order valence-corrected chi connectivity index (χ4v) is 4.93. The number of rotatable bonds is 4. The van der Waals surface area contributed by atoms with Gasteiger partial charge in [0, 0.05) is 4.88 Å². The molecule has 0 fully saturated rings. The van der Waals surface area contributed by atoms with Crippen LogP contribution in [0.5, 0.6) is 0 Å². The third kappa shape index (κ3) is 2.65. The van der Waals surface area contributed by atoms with Crippen LogP contribution in [0, 0.1) is 0 Å². The van der Waals surface area contributed by atoms with Crippen molar-refractivity contribution in [2.24, 2.45) is 0 Å². The molecule has 3 heterocycles. The summed E-state index contributed by atoms with van der Waals surface area (Å²) < 4.78 is 10.0. The third-order valence-electron chi connectivity index (χ3n) is 3.95. The number of carbonyl (C=O) groups excluding carboxylic acids is 1. The lowest BCUT2D eigenvalue weighted by Crippen LogP contribution is -2.09. The van der Waals surface area contributed by atoms with Gasteiger partial charge in [-0.1, -0.05) is 11.8 Å². The lowest BCUT2D eigenvalue weighted by Gasteiger charge is -2.00. The second kappa shape index (κ2) is 6.10. The maximum absolute atomic E-state index is 12.4. The van der Waals surface area contributed by atoms with Gasteiger partial charge < -0.3 is 14.1 Å². The molecule has 4 rings (SSSR count). The average Bonchev–Trinajstić information content (AvgIpc) is 3.27. The minimum atomic E-state index is -0.507. The van der Waals surface area contributed by atoms with Crippen molar-refractivity contribution in [1.29, 1.82) is 0 Å². The molecule has 1 N–H and O–H groups in total. The van der Waals surface area contributed by atoms with Gasteiger partial charge in [0.15, 0.2) is 5.16 Å². The van der Waals surface area contributed by atoms with Crippen molar-refractivity contribution in [2.75, 3.05) is 7.11 Å². The Hall–Kier alpha value is -2.06. The first kappa shape index (κ1) is 15.5. The summed E-state index contributed by atoms with van der Waals surface area (Å²) in [6.45, 7) is 0. The van der Waals surface area contributed by atoms with Crippen molar-refractivity contribution >= 4 is 39.3 Å². The van der Waals surface area contributed by atoms with E-state index in [9.17, 15) is 9.59 Å². The van der Waals surface area contributed by atoms with Crippen molar-refractivity contribution in [3.05, 3.63) is 44.4 Å². The van der Waals surface area contributed by atoms with Crippen LogP contribution in [-0.4, -0.2) is 23.0 Å². The number of carbonyl (C=O) groups is 1. The molecule has 24 heavy (non-hydrogen) atoms. The van der Waals surface area contributed by atoms with Crippen LogP contribution in [-0.2, 0) is 23.3 Å². The molecule has 8 heteroatoms. The van der Waals surface area contributed by atoms with E-state index in [0.717, 1.165) is 29.5 Å². The van der Waals surface area contributed by atoms with Crippen LogP contribution < -0.4 is 5.56 Å². The Kier molecular flexibility index (Phi) is 3.93. The Morgan fingerprint density at radius 1 is 1.46 bits per heavy atom. The van der Waals surface area contributed by atoms with Crippen molar-refractivity contribution < 1.29 is 13.9 Å². The van der Waals surface area contributed by atoms with Crippen LogP contribution in [0.4, 0.5) is 0 Å². The number of fused-ring (bicyclic) bond motifs is 3. The molecule has 0 saturated carbocycles. The van der Waals surface area contributed by atoms with Gasteiger partial charge in [-0.15, -0.1) is 11.3 Å². The quantitative estimate of drug-likeness (QED) is 0.436. The molecule has 0 saturated heterocycles. The molecule has 0 amide bonds. The molecule has 3 aromatic heterocycles. The highest BCUT2D eigenvalue weighted by Crippen LogP contribution is 2.35. The maximum Gasteiger partial charge on any atom is 0.373 e. The summed E-state index contributed by atoms with van der Waals surface area (Å²) in [7, 11) is 1.31. The minimum absolute atomic E-state index is 0.0726. The number of hydrogen-bond donors (Lipinski definition) is 1. The number of aromatic amines is 1. The van der Waals surface area contributed by atoms with Crippen LogP contribution in [0.2, 0.25) is 0 Å². The number of furan rings is 1. The Labute approximate surface area is 145 Å². The smallest absolute Gasteiger partial charge is 0.373 e. The summed E-state index contributed by atoms with van der Waals surface area (Å²) in [5, 5.41) is 1.31. The van der Waals surface area contributed by atoms with Crippen molar-refractivity contribution in [2.45, 2.75) is 30.2 Å². The summed E-state index contributed by atoms with van der Waals surface area (Å²) in [4.78, 5) is 33.3. The van der Waals surface area contributed by atoms with E-state index in [0.29, 0.717) is 16.7 Å². The molecule has 0 bridgehead atoms. The summed E-state index contributed by atoms with van der Waals surface area (Å²) in [6, 6.07) is 3.29. The molecule has 0 radical (unpaired) electrons. The predicted molar refractivity (Wildman–Crippen MR) is 91.9 cm³/mol. The lowest BCUT2D eigenvalue weighted by atomic mass is 10.2. The molecule has 0 atom stereocenters. The molecule has 124 valence electrons. The van der Waals surface area contributed by atoms with Gasteiger partial charge in [0.05, 0.1) is 18.2 Å². The Morgan fingerprint density at radius 2 is 2.33 bits per heavy atom. The summed E-state index contributed by atoms with van der Waals surface area (Å²) in [5.41, 5.74) is 1.10. The second-order valence-corrected chi connectivity index (χ2v) is 7.50. The highest BCUT2D eigenvalue weighted by atomic mass is 32.2. The Bertz CT molecular complexity index is 986. The Balaban J connectivity index is 1.56. The fourth-order valence-electron chi connectivity index (χ4n) is 2.86. The largest absolute Gasteiger partial charge is 0.463 e. The zero-order valence-electron chi connectivity index (χ0n) is 12.9. The number of aromatic nitrogens is 2. The van der Waals surface area contributed by atoms with E-state index in [1.807, 2.05) is 0 Å². The van der Waals surface area contributed by atoms with E-state index < -0.39 is 5.97 Å². The number of nitrogens with zero attached hydrogens (tertiary/aromatic N) is 1. The van der Waals surface area contributed by atoms with Crippen LogP contribution in [0.3, 0.4) is 0 Å². The van der Waals surface area contributed by atoms with E-state index in [-0.39, 0.29) is 11.3 Å². The number of thiophene rings is 1. The van der Waals surface area contributed by atoms with E-state index in [1.54, 1.807) is 23.5 Å². The molecule has 0 aromatic carbocycles. The van der Waals surface area contributed by atoms with Gasteiger partial charge in [-0.2, -0.15) is 0 Å². The number of nitrogens with one attached hydrogen (secondary N) is 1. The normalized spacial score (nSPS) is 13.4. The van der Waals surface area contributed by atoms with Gasteiger partial charge >= 0.3 is 5.97 Å². The maximum atomic E-state index is 12.4. The van der Waals surface area contributed by atoms with E-state index in [2.05, 4.69) is 14.7 Å². The van der Waals surface area contributed by atoms with Crippen molar-refractivity contribution in [3.63, 3.8) is 0 Å². The van der Waals surface area contributed by atoms with Crippen LogP contribution in [0.25, 0.3) is 10.2 Å². The van der Waals surface area contributed by atoms with Gasteiger partial charge in [-0.3, -0.25) is 4.79 Å². The first-order valence-electron chi connectivity index (χ1n) is 7.50. The number of thioether (sulfide) groups is 1. The summed E-state index contributed by atoms with van der Waals surface area (Å²) in [6.07, 6.45) is 3.13. The van der Waals surface area contributed by atoms with Gasteiger partial charge in [0.25, 0.3) is 5.56 Å². The highest BCUT2D eigenvalue weighted by molar-refractivity contribution is 7.98. The number of aryl methyl sites for hydroxylation is 2. The van der Waals surface area contributed by atoms with Crippen molar-refractivity contribution in [1.82, 2.24) is 9.97 Å². The zero-order valence-corrected chi connectivity index (χ0v) is 14.5. The number of hydrogen-bond acceptors (Lipinski definition) is 7. The molecule has 0 spiro atoms. The van der Waals surface area contributed by atoms with Crippen LogP contribution in [0.1, 0.15) is 33.2 Å². The molecule has 0 unspecified atom stereocenters. The first-order chi connectivity index (χ1) is 11.7. The summed E-state index contributed by atoms with van der Waals surface area (Å²) >= 11 is 2.99. The number of ether oxygens (including phenoxy) is 1. The number of esters is 1. The first-order valence-corrected chi connectivity index (χ1v) is 9.30. The van der Waals surface area contributed by atoms with Crippen molar-refractivity contribution in [3.8, 4) is 0 Å². The molecular formula is C16H14N2O4S2. The van der Waals surface area contributed by atoms with Gasteiger partial charge in [-0.05, 0) is 37.0 Å². The van der Waals surface area contributed by atoms with Crippen LogP contribution in [0.15, 0.2) is 26.5 Å². The number of methoxy groups -OCH3 is 1. The average molecular weight is 362 g/mol. The zero-order chi connectivity index (χ0) is 16.7. The number of H-pyrrole nitrogens is 1. The van der Waals surface area contributed by atoms with Gasteiger partial charge in [-0.25, -0.2) is 9.78 Å². The fraction of sp³-hybridized carbons (Fsp3) is 0.312. The molecule has 6 nitrogen and oxygen atoms in total. The third-order valence-corrected chi connectivity index (χ3v) is 6.03. The molecule has 1 aliphatic rings. The second-order valence-electron chi connectivity index (χ2n) is 5.45. The van der Waals surface area contributed by atoms with E-state index in [4.69, 9.17) is 4.42 Å². The molecule has 0 aliphatic heterocycles. The minimum Gasteiger partial charge on any atom is -0.463 e. The van der Waals surface area contributed by atoms with Crippen LogP contribution >= 0.6 is 23.1 Å². The van der Waals surface area contributed by atoms with Gasteiger partial charge in [0.2, 0.25) is 5.76 Å². The standard InChI is InChI=1S/C16H14N2O4S2/c1-21-15(20)10-6-5-8(22-10)7-23-16-17-13(19)12-9-3-2-4-11(9)24-14(12)18-16/h5-6H,2-4,7H2,1H3,(H,17,18,19). The molecule has 3 aromatic rings. The molecule has 1 aliphatic carbocycles. The SMILES string of the molecule is COC(=O)c1ccc(CSc2nc3sc4c(c3c(=O)[nH]2)CCC4)o1. The lowest BCUT2D eigenvalue weighted by molar-refractivity contribution is 0.0563. The van der Waals surface area contributed by atoms with E-state index in [1.165, 1.54) is 29.3 Å². The highest BCUT2D eigenvalue weighted by Gasteiger charge is 2.21. The topological polar surface area (TPSA) is 85.2 Å². The predicted octanol–water partition coefficient (Wildman–Crippen LogP) is 3.15. The summed E-state index contributed by atoms with van der Waals surface area (Å²) in [5.74, 6) is 0.750. The van der Waals surface area contributed by atoms with E-state index >= 15 is 0 Å². The molecular weight excluding hydrogens is 348 g/mol. The Morgan fingerprint density at radius 3 is 3.17 bits per heavy atom.